The summed E-state index contributed by atoms with van der Waals surface area (Å²) in [6.07, 6.45) is -0.177. The van der Waals surface area contributed by atoms with Gasteiger partial charge < -0.3 is 20.2 Å². The molecule has 0 bridgehead atoms. The van der Waals surface area contributed by atoms with E-state index in [4.69, 9.17) is 4.42 Å². The SMILES string of the molecule is Cc1ccc(-c2ccc(C(=O)NC(Cc3ccc(NC(=O)c4cccc(Br)c4)c(F)c3)C(=O)O)o2)cc1. The van der Waals surface area contributed by atoms with Crippen LogP contribution in [0.1, 0.15) is 32.0 Å². The fourth-order valence-corrected chi connectivity index (χ4v) is 4.01. The Kier molecular flexibility index (Phi) is 7.83. The number of carboxylic acids is 1. The van der Waals surface area contributed by atoms with Gasteiger partial charge in [-0.15, -0.1) is 0 Å². The van der Waals surface area contributed by atoms with Gasteiger partial charge in [-0.1, -0.05) is 57.9 Å². The monoisotopic (exact) mass is 564 g/mol. The first-order valence-electron chi connectivity index (χ1n) is 11.3. The van der Waals surface area contributed by atoms with E-state index in [1.54, 1.807) is 30.3 Å². The maximum Gasteiger partial charge on any atom is 0.326 e. The summed E-state index contributed by atoms with van der Waals surface area (Å²) in [5, 5.41) is 14.5. The Morgan fingerprint density at radius 1 is 0.973 bits per heavy atom. The van der Waals surface area contributed by atoms with Crippen molar-refractivity contribution in [2.24, 2.45) is 0 Å². The minimum absolute atomic E-state index is 0.0429. The first-order valence-corrected chi connectivity index (χ1v) is 12.0. The molecule has 3 N–H and O–H groups in total. The number of hydrogen-bond donors (Lipinski definition) is 3. The van der Waals surface area contributed by atoms with Crippen molar-refractivity contribution in [3.63, 3.8) is 0 Å². The molecule has 0 saturated heterocycles. The van der Waals surface area contributed by atoms with Crippen LogP contribution in [0.3, 0.4) is 0 Å². The smallest absolute Gasteiger partial charge is 0.326 e. The molecule has 4 rings (SSSR count). The maximum absolute atomic E-state index is 14.7. The van der Waals surface area contributed by atoms with Crippen LogP contribution in [-0.2, 0) is 11.2 Å². The largest absolute Gasteiger partial charge is 0.480 e. The van der Waals surface area contributed by atoms with E-state index in [0.717, 1.165) is 17.2 Å². The zero-order valence-electron chi connectivity index (χ0n) is 19.6. The van der Waals surface area contributed by atoms with Gasteiger partial charge in [-0.05, 0) is 55.0 Å². The van der Waals surface area contributed by atoms with Gasteiger partial charge >= 0.3 is 5.97 Å². The molecular weight excluding hydrogens is 543 g/mol. The Labute approximate surface area is 220 Å². The molecule has 7 nitrogen and oxygen atoms in total. The highest BCUT2D eigenvalue weighted by Crippen LogP contribution is 2.23. The standard InChI is InChI=1S/C28H22BrFN2O5/c1-16-5-8-18(9-6-16)24-11-12-25(37-24)27(34)32-23(28(35)36)14-17-7-10-22(21(30)13-17)31-26(33)19-3-2-4-20(29)15-19/h2-13,15,23H,14H2,1H3,(H,31,33)(H,32,34)(H,35,36). The lowest BCUT2D eigenvalue weighted by molar-refractivity contribution is -0.139. The van der Waals surface area contributed by atoms with E-state index in [1.807, 2.05) is 31.2 Å². The number of hydrogen-bond acceptors (Lipinski definition) is 4. The molecule has 0 spiro atoms. The molecule has 37 heavy (non-hydrogen) atoms. The van der Waals surface area contributed by atoms with E-state index in [1.165, 1.54) is 18.2 Å². The second-order valence-electron chi connectivity index (χ2n) is 8.38. The molecule has 1 unspecified atom stereocenters. The van der Waals surface area contributed by atoms with Crippen LogP contribution in [-0.4, -0.2) is 28.9 Å². The predicted molar refractivity (Wildman–Crippen MR) is 140 cm³/mol. The average molecular weight is 565 g/mol. The van der Waals surface area contributed by atoms with Crippen molar-refractivity contribution in [3.05, 3.63) is 112 Å². The summed E-state index contributed by atoms with van der Waals surface area (Å²) < 4.78 is 21.0. The van der Waals surface area contributed by atoms with Gasteiger partial charge in [-0.3, -0.25) is 9.59 Å². The van der Waals surface area contributed by atoms with Gasteiger partial charge in [0.05, 0.1) is 5.69 Å². The highest BCUT2D eigenvalue weighted by atomic mass is 79.9. The van der Waals surface area contributed by atoms with Crippen LogP contribution in [0, 0.1) is 12.7 Å². The van der Waals surface area contributed by atoms with Gasteiger partial charge in [0.2, 0.25) is 0 Å². The number of benzene rings is 3. The number of carbonyl (C=O) groups excluding carboxylic acids is 2. The topological polar surface area (TPSA) is 109 Å². The van der Waals surface area contributed by atoms with Crippen molar-refractivity contribution in [2.45, 2.75) is 19.4 Å². The number of rotatable bonds is 8. The highest BCUT2D eigenvalue weighted by molar-refractivity contribution is 9.10. The van der Waals surface area contributed by atoms with Gasteiger partial charge in [-0.25, -0.2) is 9.18 Å². The Bertz CT molecular complexity index is 1470. The molecule has 3 aromatic carbocycles. The first kappa shape index (κ1) is 25.8. The summed E-state index contributed by atoms with van der Waals surface area (Å²) >= 11 is 3.28. The van der Waals surface area contributed by atoms with Crippen LogP contribution in [0.4, 0.5) is 10.1 Å². The molecule has 9 heteroatoms. The number of aryl methyl sites for hydroxylation is 1. The van der Waals surface area contributed by atoms with Gasteiger partial charge in [0.1, 0.15) is 17.6 Å². The van der Waals surface area contributed by atoms with Crippen molar-refractivity contribution in [1.82, 2.24) is 5.32 Å². The van der Waals surface area contributed by atoms with Crippen molar-refractivity contribution in [3.8, 4) is 11.3 Å². The zero-order valence-corrected chi connectivity index (χ0v) is 21.2. The van der Waals surface area contributed by atoms with Gasteiger partial charge in [0.15, 0.2) is 5.76 Å². The molecule has 2 amide bonds. The number of halogens is 2. The van der Waals surface area contributed by atoms with Crippen LogP contribution in [0.5, 0.6) is 0 Å². The van der Waals surface area contributed by atoms with Crippen molar-refractivity contribution in [2.75, 3.05) is 5.32 Å². The molecule has 1 aromatic heterocycles. The van der Waals surface area contributed by atoms with Gasteiger partial charge in [-0.2, -0.15) is 0 Å². The quantitative estimate of drug-likeness (QED) is 0.249. The number of carboxylic acid groups (broad SMARTS) is 1. The number of amides is 2. The van der Waals surface area contributed by atoms with Crippen LogP contribution in [0.15, 0.2) is 87.8 Å². The van der Waals surface area contributed by atoms with E-state index in [2.05, 4.69) is 26.6 Å². The molecule has 1 heterocycles. The summed E-state index contributed by atoms with van der Waals surface area (Å²) in [7, 11) is 0. The van der Waals surface area contributed by atoms with E-state index in [0.29, 0.717) is 21.4 Å². The average Bonchev–Trinajstić information content (AvgIpc) is 3.36. The molecule has 188 valence electrons. The summed E-state index contributed by atoms with van der Waals surface area (Å²) in [6.45, 7) is 1.95. The van der Waals surface area contributed by atoms with E-state index in [9.17, 15) is 23.9 Å². The molecule has 0 saturated carbocycles. The maximum atomic E-state index is 14.7. The summed E-state index contributed by atoms with van der Waals surface area (Å²) in [6, 6.07) is 19.9. The molecule has 4 aromatic rings. The number of nitrogens with one attached hydrogen (secondary N) is 2. The Balaban J connectivity index is 1.42. The minimum Gasteiger partial charge on any atom is -0.480 e. The van der Waals surface area contributed by atoms with Crippen molar-refractivity contribution >= 4 is 39.4 Å². The third-order valence-electron chi connectivity index (χ3n) is 5.58. The van der Waals surface area contributed by atoms with E-state index >= 15 is 0 Å². The number of furan rings is 1. The van der Waals surface area contributed by atoms with Gasteiger partial charge in [0.25, 0.3) is 11.8 Å². The predicted octanol–water partition coefficient (Wildman–Crippen LogP) is 5.83. The lowest BCUT2D eigenvalue weighted by Gasteiger charge is -2.15. The highest BCUT2D eigenvalue weighted by Gasteiger charge is 2.24. The Morgan fingerprint density at radius 3 is 2.41 bits per heavy atom. The lowest BCUT2D eigenvalue weighted by atomic mass is 10.0. The van der Waals surface area contributed by atoms with Crippen LogP contribution < -0.4 is 10.6 Å². The fraction of sp³-hybridized carbons (Fsp3) is 0.107. The molecule has 0 aliphatic heterocycles. The third kappa shape index (κ3) is 6.50. The second kappa shape index (κ2) is 11.2. The van der Waals surface area contributed by atoms with E-state index < -0.39 is 29.6 Å². The summed E-state index contributed by atoms with van der Waals surface area (Å²) in [4.78, 5) is 36.9. The van der Waals surface area contributed by atoms with Crippen LogP contribution >= 0.6 is 15.9 Å². The first-order chi connectivity index (χ1) is 17.7. The van der Waals surface area contributed by atoms with Crippen molar-refractivity contribution < 1.29 is 28.3 Å². The van der Waals surface area contributed by atoms with Crippen molar-refractivity contribution in [1.29, 1.82) is 0 Å². The van der Waals surface area contributed by atoms with Crippen LogP contribution in [0.25, 0.3) is 11.3 Å². The molecule has 0 aliphatic carbocycles. The molecular formula is C28H22BrFN2O5. The lowest BCUT2D eigenvalue weighted by Crippen LogP contribution is -2.42. The van der Waals surface area contributed by atoms with Crippen LogP contribution in [0.2, 0.25) is 0 Å². The summed E-state index contributed by atoms with van der Waals surface area (Å²) in [5.74, 6) is -2.79. The van der Waals surface area contributed by atoms with E-state index in [-0.39, 0.29) is 17.9 Å². The molecule has 0 fully saturated rings. The molecule has 0 radical (unpaired) electrons. The number of anilines is 1. The molecule has 1 atom stereocenters. The zero-order chi connectivity index (χ0) is 26.5. The Morgan fingerprint density at radius 2 is 1.73 bits per heavy atom. The third-order valence-corrected chi connectivity index (χ3v) is 6.07. The van der Waals surface area contributed by atoms with Gasteiger partial charge in [0, 0.05) is 22.0 Å². The normalized spacial score (nSPS) is 11.5. The minimum atomic E-state index is -1.33. The second-order valence-corrected chi connectivity index (χ2v) is 9.29. The number of aliphatic carboxylic acids is 1. The Hall–Kier alpha value is -4.24. The molecule has 0 aliphatic rings. The fourth-order valence-electron chi connectivity index (χ4n) is 3.61. The summed E-state index contributed by atoms with van der Waals surface area (Å²) in [5.41, 5.74) is 2.47. The number of carbonyl (C=O) groups is 3.